The molecule has 0 aliphatic carbocycles. The first-order chi connectivity index (χ1) is 8.14. The molecule has 0 saturated carbocycles. The molecule has 1 saturated heterocycles. The lowest BCUT2D eigenvalue weighted by molar-refractivity contribution is -0.121. The van der Waals surface area contributed by atoms with E-state index in [-0.39, 0.29) is 12.5 Å². The number of rotatable bonds is 3. The van der Waals surface area contributed by atoms with Crippen LogP contribution in [-0.4, -0.2) is 23.1 Å². The zero-order valence-corrected chi connectivity index (χ0v) is 9.99. The van der Waals surface area contributed by atoms with E-state index >= 15 is 0 Å². The minimum atomic E-state index is -0.449. The van der Waals surface area contributed by atoms with Crippen LogP contribution in [0.15, 0.2) is 24.3 Å². The number of anilines is 1. The van der Waals surface area contributed by atoms with E-state index in [0.717, 1.165) is 30.6 Å². The number of carbonyl (C=O) groups is 1. The molecule has 17 heavy (non-hydrogen) atoms. The molecule has 1 heterocycles. The normalized spacial score (nSPS) is 23.6. The zero-order valence-electron chi connectivity index (χ0n) is 9.99. The molecule has 0 aromatic heterocycles. The fraction of sp³-hybridized carbons (Fsp3) is 0.462. The molecule has 1 unspecified atom stereocenters. The van der Waals surface area contributed by atoms with Crippen LogP contribution in [0.2, 0.25) is 0 Å². The van der Waals surface area contributed by atoms with Gasteiger partial charge in [-0.1, -0.05) is 12.1 Å². The molecule has 0 radical (unpaired) electrons. The van der Waals surface area contributed by atoms with Crippen LogP contribution in [0.1, 0.15) is 25.3 Å². The molecule has 1 amide bonds. The Morgan fingerprint density at radius 3 is 2.71 bits per heavy atom. The topological polar surface area (TPSA) is 61.4 Å². The van der Waals surface area contributed by atoms with Crippen molar-refractivity contribution >= 4 is 11.6 Å². The van der Waals surface area contributed by atoms with Crippen LogP contribution in [0.5, 0.6) is 0 Å². The summed E-state index contributed by atoms with van der Waals surface area (Å²) in [6, 6.07) is 7.23. The molecule has 1 aliphatic heterocycles. The fourth-order valence-electron chi connectivity index (χ4n) is 2.05. The molecule has 0 spiro atoms. The Morgan fingerprint density at radius 2 is 2.18 bits per heavy atom. The number of nitrogens with one attached hydrogen (secondary N) is 2. The molecular weight excluding hydrogens is 216 g/mol. The summed E-state index contributed by atoms with van der Waals surface area (Å²) >= 11 is 0. The summed E-state index contributed by atoms with van der Waals surface area (Å²) in [5.74, 6) is 0.00625. The van der Waals surface area contributed by atoms with Crippen molar-refractivity contribution < 1.29 is 9.90 Å². The van der Waals surface area contributed by atoms with Gasteiger partial charge in [-0.15, -0.1) is 0 Å². The lowest BCUT2D eigenvalue weighted by atomic mass is 9.99. The van der Waals surface area contributed by atoms with E-state index in [9.17, 15) is 4.79 Å². The van der Waals surface area contributed by atoms with Crippen molar-refractivity contribution in [2.75, 3.05) is 11.9 Å². The Bertz CT molecular complexity index is 394. The summed E-state index contributed by atoms with van der Waals surface area (Å²) in [5, 5.41) is 15.0. The van der Waals surface area contributed by atoms with E-state index in [2.05, 4.69) is 10.6 Å². The van der Waals surface area contributed by atoms with E-state index < -0.39 is 5.54 Å². The van der Waals surface area contributed by atoms with Gasteiger partial charge in [0.2, 0.25) is 5.91 Å². The highest BCUT2D eigenvalue weighted by Gasteiger charge is 2.35. The van der Waals surface area contributed by atoms with Crippen molar-refractivity contribution in [1.82, 2.24) is 5.32 Å². The molecule has 2 rings (SSSR count). The Kier molecular flexibility index (Phi) is 3.45. The highest BCUT2D eigenvalue weighted by molar-refractivity contribution is 5.98. The minimum absolute atomic E-state index is 0.00625. The third kappa shape index (κ3) is 2.65. The van der Waals surface area contributed by atoms with E-state index in [1.165, 1.54) is 0 Å². The van der Waals surface area contributed by atoms with Gasteiger partial charge < -0.3 is 15.7 Å². The second-order valence-corrected chi connectivity index (χ2v) is 4.67. The Balaban J connectivity index is 2.02. The van der Waals surface area contributed by atoms with Gasteiger partial charge in [-0.25, -0.2) is 0 Å². The Morgan fingerprint density at radius 1 is 1.47 bits per heavy atom. The van der Waals surface area contributed by atoms with E-state index in [4.69, 9.17) is 5.11 Å². The second kappa shape index (κ2) is 4.85. The number of aliphatic hydroxyl groups is 1. The molecule has 4 heteroatoms. The molecule has 1 aliphatic rings. The largest absolute Gasteiger partial charge is 0.392 e. The van der Waals surface area contributed by atoms with Gasteiger partial charge in [-0.2, -0.15) is 0 Å². The van der Waals surface area contributed by atoms with Crippen molar-refractivity contribution in [3.8, 4) is 0 Å². The maximum atomic E-state index is 12.1. The minimum Gasteiger partial charge on any atom is -0.392 e. The lowest BCUT2D eigenvalue weighted by Gasteiger charge is -2.23. The summed E-state index contributed by atoms with van der Waals surface area (Å²) in [6.45, 7) is 2.85. The fourth-order valence-corrected chi connectivity index (χ4v) is 2.05. The van der Waals surface area contributed by atoms with E-state index in [1.54, 1.807) is 12.1 Å². The first-order valence-corrected chi connectivity index (χ1v) is 5.90. The maximum absolute atomic E-state index is 12.1. The molecule has 1 aromatic carbocycles. The molecule has 1 aromatic rings. The summed E-state index contributed by atoms with van der Waals surface area (Å²) in [4.78, 5) is 12.1. The van der Waals surface area contributed by atoms with Crippen molar-refractivity contribution in [3.05, 3.63) is 29.8 Å². The van der Waals surface area contributed by atoms with Crippen molar-refractivity contribution in [3.63, 3.8) is 0 Å². The second-order valence-electron chi connectivity index (χ2n) is 4.67. The van der Waals surface area contributed by atoms with Gasteiger partial charge in [0.1, 0.15) is 0 Å². The zero-order chi connectivity index (χ0) is 12.3. The van der Waals surface area contributed by atoms with Crippen LogP contribution in [0.3, 0.4) is 0 Å². The average Bonchev–Trinajstić information content (AvgIpc) is 2.78. The van der Waals surface area contributed by atoms with Gasteiger partial charge in [-0.05, 0) is 44.0 Å². The van der Waals surface area contributed by atoms with Crippen molar-refractivity contribution in [1.29, 1.82) is 0 Å². The smallest absolute Gasteiger partial charge is 0.244 e. The summed E-state index contributed by atoms with van der Waals surface area (Å²) in [6.07, 6.45) is 1.90. The van der Waals surface area contributed by atoms with Gasteiger partial charge >= 0.3 is 0 Å². The molecule has 1 atom stereocenters. The predicted octanol–water partition coefficient (Wildman–Crippen LogP) is 1.26. The van der Waals surface area contributed by atoms with Gasteiger partial charge in [0.25, 0.3) is 0 Å². The molecule has 1 fully saturated rings. The standard InChI is InChI=1S/C13H18N2O2/c1-13(7-2-8-14-13)12(17)15-11-5-3-10(9-16)4-6-11/h3-6,14,16H,2,7-9H2,1H3,(H,15,17). The first kappa shape index (κ1) is 12.1. The lowest BCUT2D eigenvalue weighted by Crippen LogP contribution is -2.47. The quantitative estimate of drug-likeness (QED) is 0.738. The molecule has 92 valence electrons. The van der Waals surface area contributed by atoms with Gasteiger partial charge in [-0.3, -0.25) is 4.79 Å². The molecule has 3 N–H and O–H groups in total. The van der Waals surface area contributed by atoms with Crippen LogP contribution in [0.4, 0.5) is 5.69 Å². The number of aliphatic hydroxyl groups excluding tert-OH is 1. The summed E-state index contributed by atoms with van der Waals surface area (Å²) < 4.78 is 0. The molecule has 0 bridgehead atoms. The molecular formula is C13H18N2O2. The number of benzene rings is 1. The van der Waals surface area contributed by atoms with Gasteiger partial charge in [0.15, 0.2) is 0 Å². The average molecular weight is 234 g/mol. The third-order valence-corrected chi connectivity index (χ3v) is 3.26. The van der Waals surface area contributed by atoms with Crippen LogP contribution < -0.4 is 10.6 Å². The Hall–Kier alpha value is -1.39. The van der Waals surface area contributed by atoms with Crippen LogP contribution in [-0.2, 0) is 11.4 Å². The number of carbonyl (C=O) groups excluding carboxylic acids is 1. The van der Waals surface area contributed by atoms with Crippen LogP contribution in [0.25, 0.3) is 0 Å². The Labute approximate surface area is 101 Å². The SMILES string of the molecule is CC1(C(=O)Nc2ccc(CO)cc2)CCCN1. The van der Waals surface area contributed by atoms with Gasteiger partial charge in [0, 0.05) is 5.69 Å². The first-order valence-electron chi connectivity index (χ1n) is 5.90. The third-order valence-electron chi connectivity index (χ3n) is 3.26. The van der Waals surface area contributed by atoms with Crippen LogP contribution >= 0.6 is 0 Å². The van der Waals surface area contributed by atoms with Crippen molar-refractivity contribution in [2.45, 2.75) is 31.9 Å². The number of amides is 1. The monoisotopic (exact) mass is 234 g/mol. The summed E-state index contributed by atoms with van der Waals surface area (Å²) in [7, 11) is 0. The number of hydrogen-bond acceptors (Lipinski definition) is 3. The maximum Gasteiger partial charge on any atom is 0.244 e. The number of hydrogen-bond donors (Lipinski definition) is 3. The van der Waals surface area contributed by atoms with E-state index in [0.29, 0.717) is 0 Å². The highest BCUT2D eigenvalue weighted by atomic mass is 16.3. The van der Waals surface area contributed by atoms with E-state index in [1.807, 2.05) is 19.1 Å². The van der Waals surface area contributed by atoms with Crippen LogP contribution in [0, 0.1) is 0 Å². The highest BCUT2D eigenvalue weighted by Crippen LogP contribution is 2.21. The molecule has 4 nitrogen and oxygen atoms in total. The van der Waals surface area contributed by atoms with Crippen molar-refractivity contribution in [2.24, 2.45) is 0 Å². The van der Waals surface area contributed by atoms with Gasteiger partial charge in [0.05, 0.1) is 12.1 Å². The predicted molar refractivity (Wildman–Crippen MR) is 66.6 cm³/mol. The summed E-state index contributed by atoms with van der Waals surface area (Å²) in [5.41, 5.74) is 1.16.